The Morgan fingerprint density at radius 2 is 1.75 bits per heavy atom. The lowest BCUT2D eigenvalue weighted by atomic mass is 10.2. The monoisotopic (exact) mass is 406 g/mol. The van der Waals surface area contributed by atoms with Crippen LogP contribution in [0.1, 0.15) is 29.0 Å². The number of guanidine groups is 1. The zero-order valence-corrected chi connectivity index (χ0v) is 17.1. The van der Waals surface area contributed by atoms with E-state index in [9.17, 15) is 9.18 Å². The van der Waals surface area contributed by atoms with E-state index in [0.29, 0.717) is 18.8 Å². The van der Waals surface area contributed by atoms with Crippen molar-refractivity contribution in [2.75, 3.05) is 32.4 Å². The molecular weight excluding hydrogens is 379 g/mol. The van der Waals surface area contributed by atoms with Gasteiger partial charge in [-0.05, 0) is 55.9 Å². The van der Waals surface area contributed by atoms with Crippen molar-refractivity contribution >= 4 is 23.6 Å². The molecule has 0 atom stereocenters. The lowest BCUT2D eigenvalue weighted by Gasteiger charge is -2.12. The number of aryl methyl sites for hydroxylation is 1. The van der Waals surface area contributed by atoms with Crippen LogP contribution in [0.2, 0.25) is 0 Å². The van der Waals surface area contributed by atoms with Gasteiger partial charge in [0.25, 0.3) is 5.91 Å². The Balaban J connectivity index is 1.52. The maximum absolute atomic E-state index is 12.9. The van der Waals surface area contributed by atoms with Crippen LogP contribution >= 0.6 is 11.8 Å². The maximum Gasteiger partial charge on any atom is 0.287 e. The topological polar surface area (TPSA) is 78.7 Å². The molecule has 0 fully saturated rings. The molecular formula is C20H27FN4O2S. The number of thioether (sulfide) groups is 1. The third-order valence-corrected chi connectivity index (χ3v) is 5.02. The van der Waals surface area contributed by atoms with Gasteiger partial charge in [0.2, 0.25) is 0 Å². The minimum Gasteiger partial charge on any atom is -0.459 e. The van der Waals surface area contributed by atoms with Crippen LogP contribution < -0.4 is 16.0 Å². The van der Waals surface area contributed by atoms with Crippen molar-refractivity contribution in [3.8, 4) is 0 Å². The lowest BCUT2D eigenvalue weighted by Crippen LogP contribution is -2.39. The van der Waals surface area contributed by atoms with Crippen molar-refractivity contribution in [1.82, 2.24) is 16.0 Å². The van der Waals surface area contributed by atoms with Gasteiger partial charge in [-0.2, -0.15) is 0 Å². The summed E-state index contributed by atoms with van der Waals surface area (Å²) in [5.74, 6) is 1.64. The number of hydrogen-bond donors (Lipinski definition) is 3. The third kappa shape index (κ3) is 7.64. The second kappa shape index (κ2) is 12.1. The molecule has 0 aliphatic heterocycles. The molecule has 2 aromatic rings. The van der Waals surface area contributed by atoms with Crippen LogP contribution in [-0.2, 0) is 0 Å². The summed E-state index contributed by atoms with van der Waals surface area (Å²) in [5, 5.41) is 9.31. The van der Waals surface area contributed by atoms with Crippen LogP contribution in [0, 0.1) is 12.7 Å². The summed E-state index contributed by atoms with van der Waals surface area (Å²) in [7, 11) is 1.73. The summed E-state index contributed by atoms with van der Waals surface area (Å²) in [6.45, 7) is 3.88. The zero-order chi connectivity index (χ0) is 20.2. The Labute approximate surface area is 169 Å². The average Bonchev–Trinajstić information content (AvgIpc) is 3.13. The SMILES string of the molecule is CN=C(NCCCNC(=O)c1occc1C)NCCCSc1ccc(F)cc1. The highest BCUT2D eigenvalue weighted by Gasteiger charge is 2.11. The number of amides is 1. The molecule has 0 radical (unpaired) electrons. The molecule has 8 heteroatoms. The second-order valence-electron chi connectivity index (χ2n) is 6.12. The smallest absolute Gasteiger partial charge is 0.287 e. The first-order valence-electron chi connectivity index (χ1n) is 9.25. The minimum atomic E-state index is -0.212. The molecule has 0 spiro atoms. The van der Waals surface area contributed by atoms with Crippen LogP contribution in [0.5, 0.6) is 0 Å². The number of halogens is 1. The number of nitrogens with one attached hydrogen (secondary N) is 3. The summed E-state index contributed by atoms with van der Waals surface area (Å²) >= 11 is 1.70. The third-order valence-electron chi connectivity index (χ3n) is 3.92. The van der Waals surface area contributed by atoms with Crippen LogP contribution in [0.3, 0.4) is 0 Å². The molecule has 0 aliphatic rings. The van der Waals surface area contributed by atoms with Crippen LogP contribution in [0.15, 0.2) is 50.9 Å². The second-order valence-corrected chi connectivity index (χ2v) is 7.29. The predicted molar refractivity (Wildman–Crippen MR) is 112 cm³/mol. The fourth-order valence-electron chi connectivity index (χ4n) is 2.40. The summed E-state index contributed by atoms with van der Waals surface area (Å²) in [5.41, 5.74) is 0.831. The molecule has 152 valence electrons. The van der Waals surface area contributed by atoms with Crippen molar-refractivity contribution in [1.29, 1.82) is 0 Å². The molecule has 0 aliphatic carbocycles. The van der Waals surface area contributed by atoms with E-state index in [0.717, 1.165) is 41.6 Å². The molecule has 1 amide bonds. The molecule has 2 rings (SSSR count). The molecule has 0 saturated heterocycles. The number of hydrogen-bond acceptors (Lipinski definition) is 4. The van der Waals surface area contributed by atoms with E-state index in [1.165, 1.54) is 18.4 Å². The Kier molecular flexibility index (Phi) is 9.41. The van der Waals surface area contributed by atoms with Crippen molar-refractivity contribution in [2.45, 2.75) is 24.7 Å². The Bertz CT molecular complexity index is 762. The fourth-order valence-corrected chi connectivity index (χ4v) is 3.26. The van der Waals surface area contributed by atoms with Crippen LogP contribution in [0.4, 0.5) is 4.39 Å². The predicted octanol–water partition coefficient (Wildman–Crippen LogP) is 3.19. The van der Waals surface area contributed by atoms with Gasteiger partial charge in [0, 0.05) is 37.1 Å². The molecule has 0 saturated carbocycles. The van der Waals surface area contributed by atoms with Gasteiger partial charge in [0.15, 0.2) is 11.7 Å². The van der Waals surface area contributed by atoms with Gasteiger partial charge in [-0.25, -0.2) is 4.39 Å². The molecule has 0 bridgehead atoms. The number of furan rings is 1. The molecule has 1 aromatic carbocycles. The van der Waals surface area contributed by atoms with Gasteiger partial charge in [-0.15, -0.1) is 11.8 Å². The highest BCUT2D eigenvalue weighted by atomic mass is 32.2. The highest BCUT2D eigenvalue weighted by molar-refractivity contribution is 7.99. The first-order valence-corrected chi connectivity index (χ1v) is 10.2. The van der Waals surface area contributed by atoms with Gasteiger partial charge >= 0.3 is 0 Å². The van der Waals surface area contributed by atoms with E-state index in [2.05, 4.69) is 20.9 Å². The first kappa shape index (κ1) is 21.8. The number of carbonyl (C=O) groups excluding carboxylic acids is 1. The van der Waals surface area contributed by atoms with E-state index in [4.69, 9.17) is 4.42 Å². The zero-order valence-electron chi connectivity index (χ0n) is 16.3. The van der Waals surface area contributed by atoms with E-state index in [1.54, 1.807) is 37.0 Å². The van der Waals surface area contributed by atoms with Gasteiger partial charge in [-0.1, -0.05) is 0 Å². The summed E-state index contributed by atoms with van der Waals surface area (Å²) in [4.78, 5) is 17.2. The minimum absolute atomic E-state index is 0.191. The van der Waals surface area contributed by atoms with E-state index in [1.807, 2.05) is 6.92 Å². The van der Waals surface area contributed by atoms with Crippen molar-refractivity contribution in [3.05, 3.63) is 53.7 Å². The summed E-state index contributed by atoms with van der Waals surface area (Å²) < 4.78 is 18.0. The van der Waals surface area contributed by atoms with Gasteiger partial charge in [0.1, 0.15) is 5.82 Å². The Morgan fingerprint density at radius 3 is 2.39 bits per heavy atom. The maximum atomic E-state index is 12.9. The molecule has 1 aromatic heterocycles. The van der Waals surface area contributed by atoms with E-state index in [-0.39, 0.29) is 11.7 Å². The van der Waals surface area contributed by atoms with Crippen molar-refractivity contribution in [3.63, 3.8) is 0 Å². The molecule has 3 N–H and O–H groups in total. The molecule has 6 nitrogen and oxygen atoms in total. The molecule has 0 unspecified atom stereocenters. The van der Waals surface area contributed by atoms with Gasteiger partial charge in [-0.3, -0.25) is 9.79 Å². The van der Waals surface area contributed by atoms with E-state index < -0.39 is 0 Å². The van der Waals surface area contributed by atoms with Crippen molar-refractivity contribution in [2.24, 2.45) is 4.99 Å². The van der Waals surface area contributed by atoms with Crippen LogP contribution in [0.25, 0.3) is 0 Å². The Morgan fingerprint density at radius 1 is 1.07 bits per heavy atom. The quantitative estimate of drug-likeness (QED) is 0.244. The summed E-state index contributed by atoms with van der Waals surface area (Å²) in [6, 6.07) is 8.30. The largest absolute Gasteiger partial charge is 0.459 e. The standard InChI is InChI=1S/C20H27FN4O2S/c1-15-9-13-27-18(15)19(26)23-10-3-11-24-20(22-2)25-12-4-14-28-17-7-5-16(21)6-8-17/h5-9,13H,3-4,10-12,14H2,1-2H3,(H,23,26)(H2,22,24,25). The Hall–Kier alpha value is -2.48. The molecule has 1 heterocycles. The van der Waals surface area contributed by atoms with Crippen molar-refractivity contribution < 1.29 is 13.6 Å². The fraction of sp³-hybridized carbons (Fsp3) is 0.400. The summed E-state index contributed by atoms with van der Waals surface area (Å²) in [6.07, 6.45) is 3.24. The number of carbonyl (C=O) groups is 1. The number of benzene rings is 1. The molecule has 28 heavy (non-hydrogen) atoms. The first-order chi connectivity index (χ1) is 13.6. The van der Waals surface area contributed by atoms with Gasteiger partial charge < -0.3 is 20.4 Å². The number of nitrogens with zero attached hydrogens (tertiary/aromatic N) is 1. The average molecular weight is 407 g/mol. The van der Waals surface area contributed by atoms with Gasteiger partial charge in [0.05, 0.1) is 6.26 Å². The van der Waals surface area contributed by atoms with E-state index >= 15 is 0 Å². The normalized spacial score (nSPS) is 11.3. The van der Waals surface area contributed by atoms with Crippen LogP contribution in [-0.4, -0.2) is 44.3 Å². The lowest BCUT2D eigenvalue weighted by molar-refractivity contribution is 0.0925. The number of rotatable bonds is 10. The highest BCUT2D eigenvalue weighted by Crippen LogP contribution is 2.18. The number of aliphatic imine (C=N–C) groups is 1.